The molecule has 0 fully saturated rings. The minimum Gasteiger partial charge on any atom is -0.497 e. The number of benzene rings is 4. The molecule has 0 saturated carbocycles. The number of nitrogens with one attached hydrogen (secondary N) is 3. The second kappa shape index (κ2) is 18.6. The van der Waals surface area contributed by atoms with Gasteiger partial charge >= 0.3 is 5.97 Å². The molecule has 2 atom stereocenters. The molecular weight excluding hydrogens is 731 g/mol. The van der Waals surface area contributed by atoms with Gasteiger partial charge in [-0.15, -0.1) is 23.1 Å². The number of hydrogen-bond acceptors (Lipinski definition) is 8. The van der Waals surface area contributed by atoms with Crippen LogP contribution in [0.1, 0.15) is 74.9 Å². The summed E-state index contributed by atoms with van der Waals surface area (Å²) in [6.07, 6.45) is 4.53. The van der Waals surface area contributed by atoms with Crippen molar-refractivity contribution in [2.45, 2.75) is 55.6 Å². The van der Waals surface area contributed by atoms with Crippen LogP contribution in [0.4, 0.5) is 10.7 Å². The average molecular weight is 774 g/mol. The van der Waals surface area contributed by atoms with E-state index in [2.05, 4.69) is 28.1 Å². The smallest absolute Gasteiger partial charge is 0.341 e. The number of ether oxygens (including phenoxy) is 2. The number of carbonyl (C=O) groups is 4. The first-order chi connectivity index (χ1) is 26.8. The Balaban J connectivity index is 1.18. The Hall–Kier alpha value is -5.65. The molecule has 0 radical (unpaired) electrons. The number of hydrogen-bond donors (Lipinski definition) is 3. The van der Waals surface area contributed by atoms with Crippen molar-refractivity contribution in [2.24, 2.45) is 0 Å². The lowest BCUT2D eigenvalue weighted by Crippen LogP contribution is -2.30. The molecular formula is C44H43N3O6S2. The van der Waals surface area contributed by atoms with Gasteiger partial charge in [0, 0.05) is 21.0 Å². The quantitative estimate of drug-likeness (QED) is 0.0585. The summed E-state index contributed by atoms with van der Waals surface area (Å²) in [4.78, 5) is 55.8. The predicted molar refractivity (Wildman–Crippen MR) is 220 cm³/mol. The van der Waals surface area contributed by atoms with E-state index in [0.717, 1.165) is 34.6 Å². The van der Waals surface area contributed by atoms with Gasteiger partial charge in [0.15, 0.2) is 0 Å². The third-order valence-electron chi connectivity index (χ3n) is 9.22. The molecule has 1 aromatic heterocycles. The molecule has 3 amide bonds. The highest BCUT2D eigenvalue weighted by molar-refractivity contribution is 8.00. The zero-order valence-electron chi connectivity index (χ0n) is 30.9. The van der Waals surface area contributed by atoms with Crippen molar-refractivity contribution in [1.29, 1.82) is 0 Å². The van der Waals surface area contributed by atoms with E-state index < -0.39 is 23.0 Å². The Morgan fingerprint density at radius 1 is 0.891 bits per heavy atom. The topological polar surface area (TPSA) is 123 Å². The Kier molecular flexibility index (Phi) is 13.2. The van der Waals surface area contributed by atoms with Crippen LogP contribution in [-0.2, 0) is 27.2 Å². The average Bonchev–Trinajstić information content (AvgIpc) is 3.57. The molecule has 55 heavy (non-hydrogen) atoms. The van der Waals surface area contributed by atoms with Crippen molar-refractivity contribution < 1.29 is 28.7 Å². The van der Waals surface area contributed by atoms with Gasteiger partial charge < -0.3 is 25.4 Å². The second-order valence-electron chi connectivity index (χ2n) is 12.9. The predicted octanol–water partition coefficient (Wildman–Crippen LogP) is 9.12. The van der Waals surface area contributed by atoms with E-state index in [-0.39, 0.29) is 18.2 Å². The van der Waals surface area contributed by atoms with E-state index in [1.165, 1.54) is 28.7 Å². The lowest BCUT2D eigenvalue weighted by molar-refractivity contribution is -0.116. The van der Waals surface area contributed by atoms with E-state index in [9.17, 15) is 19.2 Å². The first-order valence-corrected chi connectivity index (χ1v) is 19.9. The number of carbonyl (C=O) groups excluding carboxylic acids is 4. The van der Waals surface area contributed by atoms with Gasteiger partial charge in [0.05, 0.1) is 24.5 Å². The van der Waals surface area contributed by atoms with Crippen molar-refractivity contribution in [3.8, 4) is 5.75 Å². The number of methoxy groups -OCH3 is 1. The number of thiophene rings is 1. The molecule has 0 bridgehead atoms. The molecule has 1 aliphatic rings. The van der Waals surface area contributed by atoms with Gasteiger partial charge in [-0.2, -0.15) is 0 Å². The van der Waals surface area contributed by atoms with Gasteiger partial charge in [-0.1, -0.05) is 73.7 Å². The normalized spacial score (nSPS) is 14.2. The largest absolute Gasteiger partial charge is 0.497 e. The van der Waals surface area contributed by atoms with Crippen molar-refractivity contribution in [3.63, 3.8) is 0 Å². The van der Waals surface area contributed by atoms with Crippen LogP contribution in [0, 0.1) is 0 Å². The van der Waals surface area contributed by atoms with Gasteiger partial charge in [0.1, 0.15) is 16.4 Å². The Labute approximate surface area is 329 Å². The standard InChI is InChI=1S/C44H43N3O6S2/c1-4-37(42(50)47-43-39(44(51)53-5-2)35-23-22-31(26-38(35)55-43)29-15-8-6-9-16-29)54-34-21-13-19-32(27-34)45-41(49)36(25-28-14-12-20-33(24-28)52-3)46-40(48)30-17-10-7-11-18-30/h6-21,24-25,27,31,37H,4-5,22-23,26H2,1-3H3,(H,45,49)(H,46,48)(H,47,50)/b36-25-. The lowest BCUT2D eigenvalue weighted by Gasteiger charge is -2.23. The highest BCUT2D eigenvalue weighted by Gasteiger charge is 2.32. The van der Waals surface area contributed by atoms with E-state index in [0.29, 0.717) is 45.5 Å². The van der Waals surface area contributed by atoms with Crippen LogP contribution in [0.3, 0.4) is 0 Å². The molecule has 2 unspecified atom stereocenters. The zero-order valence-corrected chi connectivity index (χ0v) is 32.6. The van der Waals surface area contributed by atoms with Crippen molar-refractivity contribution in [1.82, 2.24) is 5.32 Å². The minimum atomic E-state index is -0.526. The van der Waals surface area contributed by atoms with E-state index in [1.54, 1.807) is 86.8 Å². The maximum absolute atomic E-state index is 13.9. The van der Waals surface area contributed by atoms with E-state index in [1.807, 2.05) is 37.3 Å². The Morgan fingerprint density at radius 2 is 1.64 bits per heavy atom. The number of fused-ring (bicyclic) bond motifs is 1. The Bertz CT molecular complexity index is 2180. The molecule has 4 aromatic carbocycles. The summed E-state index contributed by atoms with van der Waals surface area (Å²) in [6, 6.07) is 33.4. The molecule has 1 aliphatic carbocycles. The molecule has 0 saturated heterocycles. The molecule has 9 nitrogen and oxygen atoms in total. The van der Waals surface area contributed by atoms with Crippen LogP contribution >= 0.6 is 23.1 Å². The van der Waals surface area contributed by atoms with Gasteiger partial charge in [-0.05, 0) is 104 Å². The van der Waals surface area contributed by atoms with Crippen LogP contribution in [0.25, 0.3) is 6.08 Å². The third-order valence-corrected chi connectivity index (χ3v) is 11.7. The monoisotopic (exact) mass is 773 g/mol. The highest BCUT2D eigenvalue weighted by atomic mass is 32.2. The number of thioether (sulfide) groups is 1. The maximum atomic E-state index is 13.9. The van der Waals surface area contributed by atoms with Crippen LogP contribution in [-0.4, -0.2) is 42.7 Å². The summed E-state index contributed by atoms with van der Waals surface area (Å²) in [7, 11) is 1.56. The fraction of sp³-hybridized carbons (Fsp3) is 0.227. The van der Waals surface area contributed by atoms with Gasteiger partial charge in [0.25, 0.3) is 11.8 Å². The third kappa shape index (κ3) is 9.92. The lowest BCUT2D eigenvalue weighted by atomic mass is 9.83. The number of amides is 3. The molecule has 5 aromatic rings. The van der Waals surface area contributed by atoms with Gasteiger partial charge in [0.2, 0.25) is 5.91 Å². The Morgan fingerprint density at radius 3 is 2.36 bits per heavy atom. The summed E-state index contributed by atoms with van der Waals surface area (Å²) in [5.41, 5.74) is 4.29. The molecule has 0 aliphatic heterocycles. The molecule has 3 N–H and O–H groups in total. The van der Waals surface area contributed by atoms with Crippen molar-refractivity contribution in [2.75, 3.05) is 24.4 Å². The van der Waals surface area contributed by atoms with Crippen molar-refractivity contribution >= 4 is 63.6 Å². The summed E-state index contributed by atoms with van der Waals surface area (Å²) in [5.74, 6) is -0.655. The minimum absolute atomic E-state index is 0.0390. The van der Waals surface area contributed by atoms with Crippen LogP contribution in [0.2, 0.25) is 0 Å². The number of rotatable bonds is 14. The molecule has 1 heterocycles. The molecule has 0 spiro atoms. The molecule has 11 heteroatoms. The zero-order chi connectivity index (χ0) is 38.7. The van der Waals surface area contributed by atoms with Crippen molar-refractivity contribution in [3.05, 3.63) is 148 Å². The van der Waals surface area contributed by atoms with Crippen LogP contribution in [0.15, 0.2) is 120 Å². The van der Waals surface area contributed by atoms with Gasteiger partial charge in [-0.25, -0.2) is 4.79 Å². The van der Waals surface area contributed by atoms with Gasteiger partial charge in [-0.3, -0.25) is 14.4 Å². The van der Waals surface area contributed by atoms with Crippen LogP contribution in [0.5, 0.6) is 5.75 Å². The first-order valence-electron chi connectivity index (χ1n) is 18.2. The summed E-state index contributed by atoms with van der Waals surface area (Å²) < 4.78 is 10.8. The maximum Gasteiger partial charge on any atom is 0.341 e. The number of anilines is 2. The second-order valence-corrected chi connectivity index (χ2v) is 15.3. The molecule has 6 rings (SSSR count). The molecule has 282 valence electrons. The highest BCUT2D eigenvalue weighted by Crippen LogP contribution is 2.43. The van der Waals surface area contributed by atoms with E-state index in [4.69, 9.17) is 9.47 Å². The fourth-order valence-electron chi connectivity index (χ4n) is 6.47. The number of esters is 1. The SMILES string of the molecule is CCOC(=O)c1c(NC(=O)C(CC)Sc2cccc(NC(=O)/C(=C/c3cccc(OC)c3)NC(=O)c3ccccc3)c2)sc2c1CCC(c1ccccc1)C2. The van der Waals surface area contributed by atoms with Crippen LogP contribution < -0.4 is 20.7 Å². The fourth-order valence-corrected chi connectivity index (χ4v) is 8.80. The summed E-state index contributed by atoms with van der Waals surface area (Å²) in [5, 5.41) is 8.79. The van der Waals surface area contributed by atoms with E-state index >= 15 is 0 Å². The summed E-state index contributed by atoms with van der Waals surface area (Å²) >= 11 is 2.83. The first kappa shape index (κ1) is 39.1. The summed E-state index contributed by atoms with van der Waals surface area (Å²) in [6.45, 7) is 3.95.